The zero-order chi connectivity index (χ0) is 9.47. The molecule has 3 fully saturated rings. The molecule has 0 aliphatic carbocycles. The normalized spacial score (nSPS) is 36.6. The number of carbonyl (C=O) groups is 1. The van der Waals surface area contributed by atoms with Crippen LogP contribution in [0.25, 0.3) is 0 Å². The van der Waals surface area contributed by atoms with Gasteiger partial charge in [0.15, 0.2) is 9.84 Å². The molecule has 3 rings (SSSR count). The van der Waals surface area contributed by atoms with Gasteiger partial charge in [-0.25, -0.2) is 8.42 Å². The van der Waals surface area contributed by atoms with Crippen LogP contribution in [0.3, 0.4) is 0 Å². The number of sulfone groups is 1. The molecule has 3 aliphatic heterocycles. The van der Waals surface area contributed by atoms with E-state index < -0.39 is 9.84 Å². The standard InChI is InChI=1S/C8H13NO3S/c10-3-1-2-9-5-7-4-8(6-9)13(7,11)12/h3,7-8H,1-2,4-6H2. The number of rotatable bonds is 3. The summed E-state index contributed by atoms with van der Waals surface area (Å²) in [5, 5.41) is -0.282. The molecule has 3 saturated heterocycles. The van der Waals surface area contributed by atoms with Crippen molar-refractivity contribution in [2.45, 2.75) is 23.3 Å². The number of hydrogen-bond acceptors (Lipinski definition) is 4. The van der Waals surface area contributed by atoms with Crippen LogP contribution in [0.5, 0.6) is 0 Å². The highest BCUT2D eigenvalue weighted by atomic mass is 32.2. The Kier molecular flexibility index (Phi) is 2.15. The lowest BCUT2D eigenvalue weighted by molar-refractivity contribution is -0.108. The first-order valence-electron chi connectivity index (χ1n) is 4.53. The molecule has 0 N–H and O–H groups in total. The molecule has 0 aromatic rings. The molecule has 3 aliphatic rings. The zero-order valence-corrected chi connectivity index (χ0v) is 8.16. The SMILES string of the molecule is O=CCCN1CC2CC(C1)S2(=O)=O. The lowest BCUT2D eigenvalue weighted by Crippen LogP contribution is -2.62. The number of aldehydes is 1. The topological polar surface area (TPSA) is 54.5 Å². The van der Waals surface area contributed by atoms with Gasteiger partial charge >= 0.3 is 0 Å². The maximum Gasteiger partial charge on any atom is 0.158 e. The number of piperidine rings is 1. The Hall–Kier alpha value is -0.420. The minimum absolute atomic E-state index is 0.141. The number of carbonyl (C=O) groups excluding carboxylic acids is 1. The van der Waals surface area contributed by atoms with Gasteiger partial charge in [0, 0.05) is 26.1 Å². The molecule has 3 heterocycles. The quantitative estimate of drug-likeness (QED) is 0.577. The van der Waals surface area contributed by atoms with E-state index in [0.29, 0.717) is 26.1 Å². The van der Waals surface area contributed by atoms with Gasteiger partial charge in [-0.05, 0) is 6.42 Å². The number of nitrogens with zero attached hydrogens (tertiary/aromatic N) is 1. The third kappa shape index (κ3) is 1.40. The van der Waals surface area contributed by atoms with E-state index in [-0.39, 0.29) is 10.5 Å². The molecule has 0 amide bonds. The molecule has 2 atom stereocenters. The highest BCUT2D eigenvalue weighted by Gasteiger charge is 2.51. The summed E-state index contributed by atoms with van der Waals surface area (Å²) in [5.41, 5.74) is 0. The summed E-state index contributed by atoms with van der Waals surface area (Å²) < 4.78 is 22.7. The Morgan fingerprint density at radius 2 is 1.92 bits per heavy atom. The molecular formula is C8H13NO3S. The van der Waals surface area contributed by atoms with Crippen molar-refractivity contribution in [2.24, 2.45) is 0 Å². The lowest BCUT2D eigenvalue weighted by atomic mass is 10.1. The first-order valence-corrected chi connectivity index (χ1v) is 6.14. The summed E-state index contributed by atoms with van der Waals surface area (Å²) in [4.78, 5) is 12.2. The Morgan fingerprint density at radius 1 is 1.31 bits per heavy atom. The average molecular weight is 203 g/mol. The summed E-state index contributed by atoms with van der Waals surface area (Å²) >= 11 is 0. The van der Waals surface area contributed by atoms with Crippen LogP contribution in [-0.4, -0.2) is 49.7 Å². The van der Waals surface area contributed by atoms with Gasteiger partial charge in [0.2, 0.25) is 0 Å². The first-order chi connectivity index (χ1) is 6.14. The van der Waals surface area contributed by atoms with E-state index in [1.807, 2.05) is 0 Å². The summed E-state index contributed by atoms with van der Waals surface area (Å²) in [6.45, 7) is 1.98. The van der Waals surface area contributed by atoms with E-state index >= 15 is 0 Å². The molecule has 2 bridgehead atoms. The van der Waals surface area contributed by atoms with Crippen molar-refractivity contribution in [3.8, 4) is 0 Å². The van der Waals surface area contributed by atoms with Crippen molar-refractivity contribution < 1.29 is 13.2 Å². The minimum atomic E-state index is -2.75. The Labute approximate surface area is 77.8 Å². The van der Waals surface area contributed by atoms with Gasteiger partial charge < -0.3 is 9.69 Å². The predicted octanol–water partition coefficient (Wildman–Crippen LogP) is -0.553. The van der Waals surface area contributed by atoms with E-state index in [9.17, 15) is 13.2 Å². The van der Waals surface area contributed by atoms with Gasteiger partial charge in [0.1, 0.15) is 6.29 Å². The van der Waals surface area contributed by atoms with Crippen LogP contribution >= 0.6 is 0 Å². The molecule has 5 heteroatoms. The van der Waals surface area contributed by atoms with E-state index in [0.717, 1.165) is 12.7 Å². The largest absolute Gasteiger partial charge is 0.303 e. The van der Waals surface area contributed by atoms with Crippen LogP contribution in [0.15, 0.2) is 0 Å². The second-order valence-electron chi connectivity index (χ2n) is 3.78. The van der Waals surface area contributed by atoms with Gasteiger partial charge in [0.05, 0.1) is 10.5 Å². The Morgan fingerprint density at radius 3 is 2.38 bits per heavy atom. The van der Waals surface area contributed by atoms with E-state index in [1.165, 1.54) is 0 Å². The minimum Gasteiger partial charge on any atom is -0.303 e. The smallest absolute Gasteiger partial charge is 0.158 e. The zero-order valence-electron chi connectivity index (χ0n) is 7.35. The molecule has 13 heavy (non-hydrogen) atoms. The Balaban J connectivity index is 1.93. The van der Waals surface area contributed by atoms with E-state index in [1.54, 1.807) is 0 Å². The van der Waals surface area contributed by atoms with Crippen molar-refractivity contribution in [1.29, 1.82) is 0 Å². The maximum atomic E-state index is 11.4. The highest BCUT2D eigenvalue weighted by Crippen LogP contribution is 2.35. The van der Waals surface area contributed by atoms with Gasteiger partial charge in [-0.1, -0.05) is 0 Å². The summed E-state index contributed by atoms with van der Waals surface area (Å²) in [6, 6.07) is 0. The van der Waals surface area contributed by atoms with Gasteiger partial charge in [-0.2, -0.15) is 0 Å². The summed E-state index contributed by atoms with van der Waals surface area (Å²) in [6.07, 6.45) is 2.23. The fourth-order valence-electron chi connectivity index (χ4n) is 2.14. The predicted molar refractivity (Wildman–Crippen MR) is 48.2 cm³/mol. The lowest BCUT2D eigenvalue weighted by Gasteiger charge is -2.46. The van der Waals surface area contributed by atoms with Gasteiger partial charge in [-0.3, -0.25) is 0 Å². The highest BCUT2D eigenvalue weighted by molar-refractivity contribution is 7.94. The van der Waals surface area contributed by atoms with Crippen LogP contribution in [0.1, 0.15) is 12.8 Å². The van der Waals surface area contributed by atoms with E-state index in [2.05, 4.69) is 4.90 Å². The average Bonchev–Trinajstić information content (AvgIpc) is 2.15. The van der Waals surface area contributed by atoms with Crippen LogP contribution in [0.2, 0.25) is 0 Å². The third-order valence-corrected chi connectivity index (χ3v) is 5.48. The fourth-order valence-corrected chi connectivity index (χ4v) is 4.16. The van der Waals surface area contributed by atoms with Crippen LogP contribution in [-0.2, 0) is 14.6 Å². The molecule has 2 unspecified atom stereocenters. The molecule has 0 aromatic carbocycles. The van der Waals surface area contributed by atoms with Crippen LogP contribution < -0.4 is 0 Å². The molecular weight excluding hydrogens is 190 g/mol. The van der Waals surface area contributed by atoms with Crippen LogP contribution in [0.4, 0.5) is 0 Å². The van der Waals surface area contributed by atoms with Crippen molar-refractivity contribution in [2.75, 3.05) is 19.6 Å². The van der Waals surface area contributed by atoms with E-state index in [4.69, 9.17) is 0 Å². The number of fused-ring (bicyclic) bond motifs is 2. The Bertz CT molecular complexity index is 293. The van der Waals surface area contributed by atoms with Crippen molar-refractivity contribution in [3.63, 3.8) is 0 Å². The van der Waals surface area contributed by atoms with Crippen molar-refractivity contribution >= 4 is 16.1 Å². The second-order valence-corrected chi connectivity index (χ2v) is 6.30. The molecule has 0 spiro atoms. The summed E-state index contributed by atoms with van der Waals surface area (Å²) in [5.74, 6) is 0. The third-order valence-electron chi connectivity index (χ3n) is 2.94. The molecule has 0 saturated carbocycles. The molecule has 74 valence electrons. The van der Waals surface area contributed by atoms with Crippen molar-refractivity contribution in [3.05, 3.63) is 0 Å². The fraction of sp³-hybridized carbons (Fsp3) is 0.875. The summed E-state index contributed by atoms with van der Waals surface area (Å²) in [7, 11) is -2.75. The second kappa shape index (κ2) is 3.06. The molecule has 4 nitrogen and oxygen atoms in total. The van der Waals surface area contributed by atoms with Crippen LogP contribution in [0, 0.1) is 0 Å². The monoisotopic (exact) mass is 203 g/mol. The maximum absolute atomic E-state index is 11.4. The van der Waals surface area contributed by atoms with Gasteiger partial charge in [0.25, 0.3) is 0 Å². The molecule has 0 radical (unpaired) electrons. The molecule has 0 aromatic heterocycles. The van der Waals surface area contributed by atoms with Gasteiger partial charge in [-0.15, -0.1) is 0 Å². The van der Waals surface area contributed by atoms with Crippen molar-refractivity contribution in [1.82, 2.24) is 4.90 Å². The first kappa shape index (κ1) is 9.15. The number of hydrogen-bond donors (Lipinski definition) is 0.